The molecule has 1 N–H and O–H groups in total. The third kappa shape index (κ3) is 3.57. The number of aromatic nitrogens is 4. The number of nitrogens with one attached hydrogen (secondary N) is 1. The van der Waals surface area contributed by atoms with E-state index in [1.807, 2.05) is 30.3 Å². The molecule has 0 aliphatic heterocycles. The summed E-state index contributed by atoms with van der Waals surface area (Å²) in [5.41, 5.74) is 1.83. The highest BCUT2D eigenvalue weighted by molar-refractivity contribution is 5.91. The molecule has 0 unspecified atom stereocenters. The first kappa shape index (κ1) is 16.6. The molecule has 2 aromatic carbocycles. The van der Waals surface area contributed by atoms with E-state index in [2.05, 4.69) is 20.4 Å². The van der Waals surface area contributed by atoms with E-state index in [0.29, 0.717) is 22.4 Å². The summed E-state index contributed by atoms with van der Waals surface area (Å²) in [6.07, 6.45) is 4.34. The van der Waals surface area contributed by atoms with Crippen molar-refractivity contribution in [2.45, 2.75) is 6.54 Å². The number of anilines is 1. The van der Waals surface area contributed by atoms with Gasteiger partial charge < -0.3 is 5.32 Å². The fraction of sp³-hybridized carbons (Fsp3) is 0.0500. The normalized spacial score (nSPS) is 10.7. The number of carbonyl (C=O) groups excluding carboxylic acids is 1. The SMILES string of the molecule is O=C(Cn1ncc(=O)c2ccccc21)Nc1cnc(-c2ccccc2)nc1. The van der Waals surface area contributed by atoms with E-state index in [4.69, 9.17) is 0 Å². The molecule has 4 aromatic rings. The summed E-state index contributed by atoms with van der Waals surface area (Å²) >= 11 is 0. The van der Waals surface area contributed by atoms with Crippen LogP contribution in [0.1, 0.15) is 0 Å². The Hall–Kier alpha value is -3.87. The Bertz CT molecular complexity index is 1150. The van der Waals surface area contributed by atoms with E-state index < -0.39 is 0 Å². The largest absolute Gasteiger partial charge is 0.322 e. The number of para-hydroxylation sites is 1. The monoisotopic (exact) mass is 357 g/mol. The lowest BCUT2D eigenvalue weighted by molar-refractivity contribution is -0.116. The second kappa shape index (κ2) is 7.17. The number of rotatable bonds is 4. The highest BCUT2D eigenvalue weighted by atomic mass is 16.2. The number of nitrogens with zero attached hydrogens (tertiary/aromatic N) is 4. The van der Waals surface area contributed by atoms with Crippen LogP contribution in [0.5, 0.6) is 0 Å². The summed E-state index contributed by atoms with van der Waals surface area (Å²) in [6, 6.07) is 16.6. The van der Waals surface area contributed by atoms with Crippen LogP contribution in [0, 0.1) is 0 Å². The Kier molecular flexibility index (Phi) is 4.40. The number of hydrogen-bond acceptors (Lipinski definition) is 5. The third-order valence-electron chi connectivity index (χ3n) is 4.02. The summed E-state index contributed by atoms with van der Waals surface area (Å²) in [4.78, 5) is 32.8. The van der Waals surface area contributed by atoms with Crippen molar-refractivity contribution in [3.63, 3.8) is 0 Å². The zero-order chi connectivity index (χ0) is 18.6. The maximum atomic E-state index is 12.4. The first-order valence-corrected chi connectivity index (χ1v) is 8.33. The minimum Gasteiger partial charge on any atom is -0.322 e. The van der Waals surface area contributed by atoms with Crippen LogP contribution in [0.15, 0.2) is 78.0 Å². The smallest absolute Gasteiger partial charge is 0.246 e. The van der Waals surface area contributed by atoms with Gasteiger partial charge in [0.2, 0.25) is 11.3 Å². The summed E-state index contributed by atoms with van der Waals surface area (Å²) in [5.74, 6) is 0.300. The van der Waals surface area contributed by atoms with Gasteiger partial charge in [0.05, 0.1) is 29.8 Å². The van der Waals surface area contributed by atoms with Crippen molar-refractivity contribution in [1.82, 2.24) is 19.7 Å². The van der Waals surface area contributed by atoms with Crippen molar-refractivity contribution in [2.75, 3.05) is 5.32 Å². The topological polar surface area (TPSA) is 89.8 Å². The first-order valence-electron chi connectivity index (χ1n) is 8.33. The molecule has 0 spiro atoms. The van der Waals surface area contributed by atoms with Crippen molar-refractivity contribution in [3.05, 3.63) is 83.4 Å². The summed E-state index contributed by atoms with van der Waals surface area (Å²) in [7, 11) is 0. The Balaban J connectivity index is 1.50. The molecule has 0 radical (unpaired) electrons. The van der Waals surface area contributed by atoms with Crippen LogP contribution in [0.4, 0.5) is 5.69 Å². The van der Waals surface area contributed by atoms with Gasteiger partial charge in [-0.05, 0) is 12.1 Å². The Morgan fingerprint density at radius 1 is 0.926 bits per heavy atom. The number of fused-ring (bicyclic) bond motifs is 1. The van der Waals surface area contributed by atoms with Crippen LogP contribution in [-0.2, 0) is 11.3 Å². The van der Waals surface area contributed by atoms with Crippen LogP contribution in [0.25, 0.3) is 22.3 Å². The molecule has 2 aromatic heterocycles. The molecule has 132 valence electrons. The maximum absolute atomic E-state index is 12.4. The molecule has 4 rings (SSSR count). The highest BCUT2D eigenvalue weighted by Gasteiger charge is 2.09. The minimum absolute atomic E-state index is 0.0266. The summed E-state index contributed by atoms with van der Waals surface area (Å²) in [6.45, 7) is -0.0266. The third-order valence-corrected chi connectivity index (χ3v) is 4.02. The van der Waals surface area contributed by atoms with Gasteiger partial charge in [-0.3, -0.25) is 14.3 Å². The van der Waals surface area contributed by atoms with Gasteiger partial charge in [-0.15, -0.1) is 0 Å². The average molecular weight is 357 g/mol. The Labute approximate surface area is 154 Å². The number of amides is 1. The van der Waals surface area contributed by atoms with E-state index in [0.717, 1.165) is 5.56 Å². The van der Waals surface area contributed by atoms with Gasteiger partial charge in [-0.2, -0.15) is 5.10 Å². The lowest BCUT2D eigenvalue weighted by Crippen LogP contribution is -2.22. The quantitative estimate of drug-likeness (QED) is 0.606. The first-order chi connectivity index (χ1) is 13.2. The lowest BCUT2D eigenvalue weighted by Gasteiger charge is -2.09. The van der Waals surface area contributed by atoms with Crippen LogP contribution in [-0.4, -0.2) is 25.7 Å². The van der Waals surface area contributed by atoms with E-state index in [9.17, 15) is 9.59 Å². The van der Waals surface area contributed by atoms with Crippen molar-refractivity contribution in [1.29, 1.82) is 0 Å². The van der Waals surface area contributed by atoms with Crippen LogP contribution in [0.2, 0.25) is 0 Å². The van der Waals surface area contributed by atoms with Gasteiger partial charge in [0.15, 0.2) is 5.82 Å². The minimum atomic E-state index is -0.285. The molecule has 7 heteroatoms. The molecule has 7 nitrogen and oxygen atoms in total. The zero-order valence-electron chi connectivity index (χ0n) is 14.2. The predicted molar refractivity (Wildman–Crippen MR) is 102 cm³/mol. The molecule has 0 aliphatic carbocycles. The van der Waals surface area contributed by atoms with Crippen LogP contribution < -0.4 is 10.7 Å². The number of hydrogen-bond donors (Lipinski definition) is 1. The predicted octanol–water partition coefficient (Wildman–Crippen LogP) is 2.49. The molecule has 0 saturated carbocycles. The molecule has 2 heterocycles. The Morgan fingerprint density at radius 3 is 2.41 bits per heavy atom. The van der Waals surface area contributed by atoms with Gasteiger partial charge in [0.25, 0.3) is 0 Å². The standard InChI is InChI=1S/C20H15N5O2/c26-18-12-23-25(17-9-5-4-8-16(17)18)13-19(27)24-15-10-21-20(22-11-15)14-6-2-1-3-7-14/h1-12H,13H2,(H,24,27). The Morgan fingerprint density at radius 2 is 1.63 bits per heavy atom. The molecule has 27 heavy (non-hydrogen) atoms. The lowest BCUT2D eigenvalue weighted by atomic mass is 10.2. The van der Waals surface area contributed by atoms with Gasteiger partial charge in [-0.1, -0.05) is 42.5 Å². The molecule has 0 aliphatic rings. The van der Waals surface area contributed by atoms with Crippen molar-refractivity contribution in [3.8, 4) is 11.4 Å². The molecule has 0 saturated heterocycles. The maximum Gasteiger partial charge on any atom is 0.246 e. The molecule has 0 fully saturated rings. The zero-order valence-corrected chi connectivity index (χ0v) is 14.2. The molecule has 1 amide bonds. The molecular weight excluding hydrogens is 342 g/mol. The van der Waals surface area contributed by atoms with Gasteiger partial charge in [-0.25, -0.2) is 9.97 Å². The van der Waals surface area contributed by atoms with E-state index in [1.54, 1.807) is 36.7 Å². The number of carbonyl (C=O) groups is 1. The van der Waals surface area contributed by atoms with E-state index >= 15 is 0 Å². The van der Waals surface area contributed by atoms with E-state index in [-0.39, 0.29) is 17.9 Å². The highest BCUT2D eigenvalue weighted by Crippen LogP contribution is 2.15. The second-order valence-electron chi connectivity index (χ2n) is 5.89. The number of benzene rings is 2. The molecule has 0 bridgehead atoms. The average Bonchev–Trinajstić information content (AvgIpc) is 2.71. The summed E-state index contributed by atoms with van der Waals surface area (Å²) in [5, 5.41) is 7.32. The van der Waals surface area contributed by atoms with Crippen molar-refractivity contribution >= 4 is 22.5 Å². The molecule has 0 atom stereocenters. The van der Waals surface area contributed by atoms with Crippen LogP contribution >= 0.6 is 0 Å². The molecular formula is C20H15N5O2. The van der Waals surface area contributed by atoms with Crippen molar-refractivity contribution < 1.29 is 4.79 Å². The van der Waals surface area contributed by atoms with Gasteiger partial charge >= 0.3 is 0 Å². The fourth-order valence-electron chi connectivity index (χ4n) is 2.75. The van der Waals surface area contributed by atoms with Crippen molar-refractivity contribution in [2.24, 2.45) is 0 Å². The van der Waals surface area contributed by atoms with Crippen LogP contribution in [0.3, 0.4) is 0 Å². The van der Waals surface area contributed by atoms with Gasteiger partial charge in [0.1, 0.15) is 6.54 Å². The van der Waals surface area contributed by atoms with Gasteiger partial charge in [0, 0.05) is 10.9 Å². The summed E-state index contributed by atoms with van der Waals surface area (Å²) < 4.78 is 1.49. The fourth-order valence-corrected chi connectivity index (χ4v) is 2.75. The second-order valence-corrected chi connectivity index (χ2v) is 5.89. The van der Waals surface area contributed by atoms with E-state index in [1.165, 1.54) is 10.9 Å².